The standard InChI is InChI=1S/C16H30N4S.HI/c1-6-14-9-10-15(21-14)12-19-16(17-5)18-11-13(4)20(7-2)8-3;/h9-10,13H,6-8,11-12H2,1-5H3,(H2,17,18,19);1H. The Kier molecular flexibility index (Phi) is 11.9. The highest BCUT2D eigenvalue weighted by Gasteiger charge is 2.10. The Hall–Kier alpha value is -0.340. The van der Waals surface area contributed by atoms with Gasteiger partial charge in [0.1, 0.15) is 0 Å². The summed E-state index contributed by atoms with van der Waals surface area (Å²) >= 11 is 1.87. The van der Waals surface area contributed by atoms with Crippen molar-refractivity contribution in [3.63, 3.8) is 0 Å². The number of guanidine groups is 1. The van der Waals surface area contributed by atoms with Gasteiger partial charge in [0.05, 0.1) is 6.54 Å². The smallest absolute Gasteiger partial charge is 0.191 e. The summed E-state index contributed by atoms with van der Waals surface area (Å²) in [5, 5.41) is 6.80. The number of hydrogen-bond donors (Lipinski definition) is 2. The zero-order valence-corrected chi connectivity index (χ0v) is 17.6. The van der Waals surface area contributed by atoms with Crippen molar-refractivity contribution in [3.05, 3.63) is 21.9 Å². The molecule has 0 bridgehead atoms. The van der Waals surface area contributed by atoms with Gasteiger partial charge >= 0.3 is 0 Å². The molecule has 0 radical (unpaired) electrons. The summed E-state index contributed by atoms with van der Waals surface area (Å²) in [4.78, 5) is 9.52. The third-order valence-corrected chi connectivity index (χ3v) is 4.95. The fraction of sp³-hybridized carbons (Fsp3) is 0.688. The first kappa shape index (κ1) is 21.7. The maximum Gasteiger partial charge on any atom is 0.191 e. The van der Waals surface area contributed by atoms with E-state index in [9.17, 15) is 0 Å². The van der Waals surface area contributed by atoms with Crippen LogP contribution in [0.3, 0.4) is 0 Å². The Bertz CT molecular complexity index is 430. The number of rotatable bonds is 8. The third-order valence-electron chi connectivity index (χ3n) is 3.72. The van der Waals surface area contributed by atoms with Gasteiger partial charge in [0.25, 0.3) is 0 Å². The highest BCUT2D eigenvalue weighted by molar-refractivity contribution is 14.0. The first-order chi connectivity index (χ1) is 10.1. The molecule has 0 saturated heterocycles. The Morgan fingerprint density at radius 3 is 2.32 bits per heavy atom. The molecule has 0 aliphatic heterocycles. The number of likely N-dealkylation sites (N-methyl/N-ethyl adjacent to an activating group) is 1. The molecule has 0 saturated carbocycles. The van der Waals surface area contributed by atoms with Crippen LogP contribution in [0.25, 0.3) is 0 Å². The van der Waals surface area contributed by atoms with Gasteiger partial charge in [-0.05, 0) is 38.6 Å². The molecule has 1 rings (SSSR count). The number of aryl methyl sites for hydroxylation is 1. The minimum absolute atomic E-state index is 0. The second-order valence-corrected chi connectivity index (χ2v) is 6.35. The topological polar surface area (TPSA) is 39.7 Å². The second kappa shape index (κ2) is 12.1. The van der Waals surface area contributed by atoms with Gasteiger partial charge in [-0.25, -0.2) is 0 Å². The highest BCUT2D eigenvalue weighted by atomic mass is 127. The summed E-state index contributed by atoms with van der Waals surface area (Å²) in [6.45, 7) is 12.8. The van der Waals surface area contributed by atoms with Crippen LogP contribution in [0, 0.1) is 0 Å². The van der Waals surface area contributed by atoms with E-state index in [0.29, 0.717) is 6.04 Å². The summed E-state index contributed by atoms with van der Waals surface area (Å²) in [7, 11) is 1.82. The van der Waals surface area contributed by atoms with Crippen molar-refractivity contribution in [2.75, 3.05) is 26.7 Å². The molecule has 2 N–H and O–H groups in total. The number of thiophene rings is 1. The summed E-state index contributed by atoms with van der Waals surface area (Å²) in [5.74, 6) is 0.875. The van der Waals surface area contributed by atoms with E-state index < -0.39 is 0 Å². The molecule has 1 aromatic heterocycles. The molecule has 0 aromatic carbocycles. The van der Waals surface area contributed by atoms with Gasteiger partial charge in [-0.2, -0.15) is 0 Å². The predicted octanol–water partition coefficient (Wildman–Crippen LogP) is 3.32. The lowest BCUT2D eigenvalue weighted by molar-refractivity contribution is 0.231. The van der Waals surface area contributed by atoms with Gasteiger partial charge < -0.3 is 10.6 Å². The average Bonchev–Trinajstić information content (AvgIpc) is 2.96. The minimum Gasteiger partial charge on any atom is -0.355 e. The lowest BCUT2D eigenvalue weighted by Gasteiger charge is -2.27. The van der Waals surface area contributed by atoms with Crippen LogP contribution in [0.4, 0.5) is 0 Å². The molecule has 1 aromatic rings. The Morgan fingerprint density at radius 1 is 1.18 bits per heavy atom. The van der Waals surface area contributed by atoms with Gasteiger partial charge in [0, 0.05) is 29.4 Å². The molecule has 1 unspecified atom stereocenters. The molecule has 1 atom stereocenters. The fourth-order valence-corrected chi connectivity index (χ4v) is 3.22. The fourth-order valence-electron chi connectivity index (χ4n) is 2.32. The molecule has 0 aliphatic rings. The van der Waals surface area contributed by atoms with Gasteiger partial charge in [-0.3, -0.25) is 9.89 Å². The largest absolute Gasteiger partial charge is 0.355 e. The molecular formula is C16H31IN4S. The van der Waals surface area contributed by atoms with Crippen molar-refractivity contribution in [1.82, 2.24) is 15.5 Å². The molecule has 128 valence electrons. The monoisotopic (exact) mass is 438 g/mol. The number of nitrogens with one attached hydrogen (secondary N) is 2. The van der Waals surface area contributed by atoms with E-state index in [0.717, 1.165) is 38.6 Å². The molecule has 22 heavy (non-hydrogen) atoms. The van der Waals surface area contributed by atoms with Crippen molar-refractivity contribution in [2.45, 2.75) is 46.7 Å². The van der Waals surface area contributed by atoms with Crippen molar-refractivity contribution in [2.24, 2.45) is 4.99 Å². The van der Waals surface area contributed by atoms with Crippen molar-refractivity contribution in [3.8, 4) is 0 Å². The van der Waals surface area contributed by atoms with Crippen LogP contribution in [-0.2, 0) is 13.0 Å². The molecule has 1 heterocycles. The van der Waals surface area contributed by atoms with Crippen LogP contribution < -0.4 is 10.6 Å². The number of nitrogens with zero attached hydrogens (tertiary/aromatic N) is 2. The predicted molar refractivity (Wildman–Crippen MR) is 110 cm³/mol. The summed E-state index contributed by atoms with van der Waals surface area (Å²) in [6, 6.07) is 4.91. The molecule has 0 aliphatic carbocycles. The van der Waals surface area contributed by atoms with E-state index >= 15 is 0 Å². The lowest BCUT2D eigenvalue weighted by atomic mass is 10.3. The van der Waals surface area contributed by atoms with Gasteiger partial charge in [0.2, 0.25) is 0 Å². The maximum atomic E-state index is 4.29. The Morgan fingerprint density at radius 2 is 1.82 bits per heavy atom. The van der Waals surface area contributed by atoms with Crippen LogP contribution in [0.1, 0.15) is 37.4 Å². The van der Waals surface area contributed by atoms with Crippen LogP contribution in [-0.4, -0.2) is 43.6 Å². The molecule has 0 amide bonds. The van der Waals surface area contributed by atoms with E-state index in [-0.39, 0.29) is 24.0 Å². The number of halogens is 1. The Balaban J connectivity index is 0.00000441. The summed E-state index contributed by atoms with van der Waals surface area (Å²) < 4.78 is 0. The van der Waals surface area contributed by atoms with Gasteiger partial charge in [0.15, 0.2) is 5.96 Å². The summed E-state index contributed by atoms with van der Waals surface area (Å²) in [6.07, 6.45) is 1.11. The number of aliphatic imine (C=N–C) groups is 1. The van der Waals surface area contributed by atoms with Crippen LogP contribution in [0.2, 0.25) is 0 Å². The van der Waals surface area contributed by atoms with Crippen molar-refractivity contribution < 1.29 is 0 Å². The first-order valence-corrected chi connectivity index (χ1v) is 8.72. The normalized spacial score (nSPS) is 12.9. The average molecular weight is 438 g/mol. The molecule has 6 heteroatoms. The molecular weight excluding hydrogens is 407 g/mol. The van der Waals surface area contributed by atoms with E-state index in [1.54, 1.807) is 0 Å². The van der Waals surface area contributed by atoms with E-state index in [1.807, 2.05) is 18.4 Å². The summed E-state index contributed by atoms with van der Waals surface area (Å²) in [5.41, 5.74) is 0. The van der Waals surface area contributed by atoms with Crippen molar-refractivity contribution >= 4 is 41.3 Å². The van der Waals surface area contributed by atoms with Crippen LogP contribution in [0.5, 0.6) is 0 Å². The minimum atomic E-state index is 0. The zero-order chi connectivity index (χ0) is 15.7. The van der Waals surface area contributed by atoms with Gasteiger partial charge in [-0.1, -0.05) is 20.8 Å². The molecule has 0 spiro atoms. The number of hydrogen-bond acceptors (Lipinski definition) is 3. The van der Waals surface area contributed by atoms with E-state index in [1.165, 1.54) is 9.75 Å². The first-order valence-electron chi connectivity index (χ1n) is 7.90. The van der Waals surface area contributed by atoms with E-state index in [4.69, 9.17) is 0 Å². The highest BCUT2D eigenvalue weighted by Crippen LogP contribution is 2.16. The Labute approximate surface area is 156 Å². The molecule has 0 fully saturated rings. The second-order valence-electron chi connectivity index (χ2n) is 5.10. The van der Waals surface area contributed by atoms with Crippen LogP contribution in [0.15, 0.2) is 17.1 Å². The zero-order valence-electron chi connectivity index (χ0n) is 14.5. The quantitative estimate of drug-likeness (QED) is 0.372. The van der Waals surface area contributed by atoms with E-state index in [2.05, 4.69) is 60.4 Å². The van der Waals surface area contributed by atoms with Crippen molar-refractivity contribution in [1.29, 1.82) is 0 Å². The SMILES string of the molecule is CCc1ccc(CNC(=NC)NCC(C)N(CC)CC)s1.I. The molecule has 4 nitrogen and oxygen atoms in total. The third kappa shape index (κ3) is 7.28. The lowest BCUT2D eigenvalue weighted by Crippen LogP contribution is -2.45. The van der Waals surface area contributed by atoms with Gasteiger partial charge in [-0.15, -0.1) is 35.3 Å². The maximum absolute atomic E-state index is 4.29. The van der Waals surface area contributed by atoms with Crippen LogP contribution >= 0.6 is 35.3 Å².